The minimum atomic E-state index is -0.0980. The van der Waals surface area contributed by atoms with Crippen LogP contribution in [0.3, 0.4) is 0 Å². The van der Waals surface area contributed by atoms with Crippen molar-refractivity contribution in [3.05, 3.63) is 30.3 Å². The standard InChI is InChI=1S/C48H86O4/c1-5-8-10-12-18-25-33-44(35-27-20-14-16-22-31-39-47(49)43(4)7-3)45(34-26-19-13-11-9-6-2)36-28-21-15-17-23-32-40-48(50)52-42-41-51-46-37-29-24-30-38-46/h24,29-30,37-38,43-45H,5-23,25-28,31-36,39-42H2,1-4H3. The van der Waals surface area contributed by atoms with E-state index in [9.17, 15) is 9.59 Å². The number of esters is 1. The molecular weight excluding hydrogens is 641 g/mol. The van der Waals surface area contributed by atoms with Crippen molar-refractivity contribution in [3.8, 4) is 5.75 Å². The lowest BCUT2D eigenvalue weighted by molar-refractivity contribution is -0.144. The van der Waals surface area contributed by atoms with Crippen molar-refractivity contribution < 1.29 is 19.1 Å². The summed E-state index contributed by atoms with van der Waals surface area (Å²) >= 11 is 0. The summed E-state index contributed by atoms with van der Waals surface area (Å²) in [6.45, 7) is 9.56. The Bertz CT molecular complexity index is 914. The second-order valence-corrected chi connectivity index (χ2v) is 16.1. The number of hydrogen-bond donors (Lipinski definition) is 0. The van der Waals surface area contributed by atoms with E-state index >= 15 is 0 Å². The maximum Gasteiger partial charge on any atom is 0.305 e. The van der Waals surface area contributed by atoms with Crippen molar-refractivity contribution >= 4 is 11.8 Å². The smallest absolute Gasteiger partial charge is 0.305 e. The molecule has 0 fully saturated rings. The number of carbonyl (C=O) groups excluding carboxylic acids is 2. The first-order chi connectivity index (χ1) is 25.5. The number of unbranched alkanes of at least 4 members (excludes halogenated alkanes) is 20. The summed E-state index contributed by atoms with van der Waals surface area (Å²) in [5, 5.41) is 0. The highest BCUT2D eigenvalue weighted by molar-refractivity contribution is 5.80. The fraction of sp³-hybridized carbons (Fsp3) is 0.833. The first-order valence-corrected chi connectivity index (χ1v) is 22.9. The molecule has 0 spiro atoms. The van der Waals surface area contributed by atoms with Crippen molar-refractivity contribution in [2.24, 2.45) is 17.8 Å². The molecule has 3 atom stereocenters. The van der Waals surface area contributed by atoms with E-state index in [1.807, 2.05) is 30.3 Å². The quantitative estimate of drug-likeness (QED) is 0.0501. The van der Waals surface area contributed by atoms with E-state index in [0.29, 0.717) is 25.4 Å². The molecule has 0 saturated heterocycles. The zero-order chi connectivity index (χ0) is 37.7. The molecule has 0 heterocycles. The molecular formula is C48H86O4. The number of ketones is 1. The number of rotatable bonds is 39. The van der Waals surface area contributed by atoms with Gasteiger partial charge in [0.05, 0.1) is 0 Å². The summed E-state index contributed by atoms with van der Waals surface area (Å²) in [4.78, 5) is 24.3. The fourth-order valence-electron chi connectivity index (χ4n) is 7.78. The van der Waals surface area contributed by atoms with Gasteiger partial charge in [0, 0.05) is 18.8 Å². The molecule has 0 bridgehead atoms. The number of hydrogen-bond acceptors (Lipinski definition) is 4. The fourth-order valence-corrected chi connectivity index (χ4v) is 7.78. The summed E-state index contributed by atoms with van der Waals surface area (Å²) in [6, 6.07) is 9.68. The zero-order valence-corrected chi connectivity index (χ0v) is 35.1. The molecule has 4 nitrogen and oxygen atoms in total. The summed E-state index contributed by atoms with van der Waals surface area (Å²) < 4.78 is 11.0. The van der Waals surface area contributed by atoms with Crippen LogP contribution in [0.25, 0.3) is 0 Å². The zero-order valence-electron chi connectivity index (χ0n) is 35.1. The lowest BCUT2D eigenvalue weighted by atomic mass is 9.78. The van der Waals surface area contributed by atoms with Gasteiger partial charge in [0.15, 0.2) is 0 Å². The molecule has 1 aromatic rings. The molecule has 1 rings (SSSR count). The molecule has 52 heavy (non-hydrogen) atoms. The Morgan fingerprint density at radius 2 is 0.904 bits per heavy atom. The SMILES string of the molecule is CCCCCCCCC(CCCCCCCCC(=O)OCCOc1ccccc1)C(CCCCCCCC)CCCCCCCCC(=O)C(C)CC. The van der Waals surface area contributed by atoms with Gasteiger partial charge >= 0.3 is 5.97 Å². The predicted octanol–water partition coefficient (Wildman–Crippen LogP) is 15.2. The number of Topliss-reactive ketones (excluding diaryl/α,β-unsaturated/α-hetero) is 1. The molecule has 0 aliphatic heterocycles. The first-order valence-electron chi connectivity index (χ1n) is 22.9. The van der Waals surface area contributed by atoms with Crippen LogP contribution < -0.4 is 4.74 Å². The second-order valence-electron chi connectivity index (χ2n) is 16.1. The number of carbonyl (C=O) groups is 2. The molecule has 0 radical (unpaired) electrons. The number of ether oxygens (including phenoxy) is 2. The van der Waals surface area contributed by atoms with Crippen molar-refractivity contribution in [3.63, 3.8) is 0 Å². The highest BCUT2D eigenvalue weighted by Gasteiger charge is 2.21. The van der Waals surface area contributed by atoms with Gasteiger partial charge in [0.1, 0.15) is 24.7 Å². The summed E-state index contributed by atoms with van der Waals surface area (Å²) in [7, 11) is 0. The van der Waals surface area contributed by atoms with Crippen LogP contribution in [0, 0.1) is 17.8 Å². The van der Waals surface area contributed by atoms with Crippen LogP contribution in [0.1, 0.15) is 227 Å². The van der Waals surface area contributed by atoms with Crippen LogP contribution >= 0.6 is 0 Å². The van der Waals surface area contributed by atoms with Crippen molar-refractivity contribution in [1.82, 2.24) is 0 Å². The van der Waals surface area contributed by atoms with Gasteiger partial charge in [0.2, 0.25) is 0 Å². The Morgan fingerprint density at radius 3 is 1.35 bits per heavy atom. The van der Waals surface area contributed by atoms with Crippen molar-refractivity contribution in [2.75, 3.05) is 13.2 Å². The molecule has 4 heteroatoms. The number of benzene rings is 1. The highest BCUT2D eigenvalue weighted by Crippen LogP contribution is 2.34. The van der Waals surface area contributed by atoms with E-state index in [1.165, 1.54) is 161 Å². The topological polar surface area (TPSA) is 52.6 Å². The monoisotopic (exact) mass is 727 g/mol. The molecule has 0 aliphatic carbocycles. The maximum absolute atomic E-state index is 12.2. The highest BCUT2D eigenvalue weighted by atomic mass is 16.6. The van der Waals surface area contributed by atoms with E-state index in [2.05, 4.69) is 27.7 Å². The minimum Gasteiger partial charge on any atom is -0.490 e. The predicted molar refractivity (Wildman–Crippen MR) is 224 cm³/mol. The summed E-state index contributed by atoms with van der Waals surface area (Å²) in [5.41, 5.74) is 0. The normalized spacial score (nSPS) is 13.2. The summed E-state index contributed by atoms with van der Waals surface area (Å²) in [6.07, 6.45) is 39.7. The van der Waals surface area contributed by atoms with Gasteiger partial charge in [-0.1, -0.05) is 213 Å². The molecule has 3 unspecified atom stereocenters. The summed E-state index contributed by atoms with van der Waals surface area (Å²) in [5.74, 6) is 3.22. The van der Waals surface area contributed by atoms with Crippen molar-refractivity contribution in [1.29, 1.82) is 0 Å². The molecule has 0 amide bonds. The molecule has 0 saturated carbocycles. The van der Waals surface area contributed by atoms with E-state index in [-0.39, 0.29) is 11.9 Å². The van der Waals surface area contributed by atoms with E-state index in [0.717, 1.165) is 49.7 Å². The third-order valence-electron chi connectivity index (χ3n) is 11.5. The third kappa shape index (κ3) is 28.6. The van der Waals surface area contributed by atoms with Crippen LogP contribution in [-0.4, -0.2) is 25.0 Å². The van der Waals surface area contributed by atoms with Crippen LogP contribution in [-0.2, 0) is 14.3 Å². The molecule has 302 valence electrons. The first kappa shape index (κ1) is 48.2. The van der Waals surface area contributed by atoms with Gasteiger partial charge in [-0.05, 0) is 43.2 Å². The van der Waals surface area contributed by atoms with Gasteiger partial charge in [-0.25, -0.2) is 0 Å². The van der Waals surface area contributed by atoms with Gasteiger partial charge in [-0.2, -0.15) is 0 Å². The van der Waals surface area contributed by atoms with Crippen LogP contribution in [0.4, 0.5) is 0 Å². The minimum absolute atomic E-state index is 0.0980. The van der Waals surface area contributed by atoms with Crippen LogP contribution in [0.2, 0.25) is 0 Å². The van der Waals surface area contributed by atoms with E-state index < -0.39 is 0 Å². The van der Waals surface area contributed by atoms with Gasteiger partial charge < -0.3 is 9.47 Å². The average molecular weight is 727 g/mol. The third-order valence-corrected chi connectivity index (χ3v) is 11.5. The molecule has 0 aromatic heterocycles. The molecule has 0 N–H and O–H groups in total. The molecule has 1 aromatic carbocycles. The molecule has 0 aliphatic rings. The van der Waals surface area contributed by atoms with E-state index in [1.54, 1.807) is 0 Å². The largest absolute Gasteiger partial charge is 0.490 e. The van der Waals surface area contributed by atoms with Crippen LogP contribution in [0.5, 0.6) is 5.75 Å². The van der Waals surface area contributed by atoms with Gasteiger partial charge in [-0.3, -0.25) is 9.59 Å². The Labute approximate surface area is 323 Å². The lowest BCUT2D eigenvalue weighted by Gasteiger charge is -2.28. The second kappa shape index (κ2) is 36.2. The Kier molecular flexibility index (Phi) is 33.5. The van der Waals surface area contributed by atoms with Gasteiger partial charge in [-0.15, -0.1) is 0 Å². The van der Waals surface area contributed by atoms with E-state index in [4.69, 9.17) is 9.47 Å². The Morgan fingerprint density at radius 1 is 0.500 bits per heavy atom. The average Bonchev–Trinajstić information content (AvgIpc) is 3.16. The maximum atomic E-state index is 12.2. The Balaban J connectivity index is 2.45. The lowest BCUT2D eigenvalue weighted by Crippen LogP contribution is -2.16. The van der Waals surface area contributed by atoms with Crippen molar-refractivity contribution in [2.45, 2.75) is 227 Å². The van der Waals surface area contributed by atoms with Gasteiger partial charge in [0.25, 0.3) is 0 Å². The number of para-hydroxylation sites is 1. The van der Waals surface area contributed by atoms with Crippen LogP contribution in [0.15, 0.2) is 30.3 Å². The Hall–Kier alpha value is -1.84.